The van der Waals surface area contributed by atoms with E-state index in [9.17, 15) is 9.59 Å². The van der Waals surface area contributed by atoms with Crippen LogP contribution in [-0.4, -0.2) is 60.4 Å². The Kier molecular flexibility index (Phi) is 16.4. The van der Waals surface area contributed by atoms with Crippen LogP contribution in [0.5, 0.6) is 0 Å². The largest absolute Gasteiger partial charge is 0.459 e. The molecule has 0 heterocycles. The highest BCUT2D eigenvalue weighted by atomic mass is 16.6. The van der Waals surface area contributed by atoms with Gasteiger partial charge in [0.2, 0.25) is 0 Å². The van der Waals surface area contributed by atoms with Gasteiger partial charge >= 0.3 is 11.9 Å². The number of nitrogens with zero attached hydrogens (tertiary/aromatic N) is 1. The average molecular weight is 590 g/mol. The third kappa shape index (κ3) is 13.3. The molecular formula is C36H63NO5. The quantitative estimate of drug-likeness (QED) is 0.0758. The number of hydrogen-bond donors (Lipinski definition) is 0. The van der Waals surface area contributed by atoms with E-state index in [4.69, 9.17) is 14.2 Å². The summed E-state index contributed by atoms with van der Waals surface area (Å²) in [5.41, 5.74) is -1.55. The summed E-state index contributed by atoms with van der Waals surface area (Å²) in [6.07, 6.45) is 26.3. The van der Waals surface area contributed by atoms with Crippen molar-refractivity contribution in [1.29, 1.82) is 0 Å². The first-order chi connectivity index (χ1) is 20.1. The summed E-state index contributed by atoms with van der Waals surface area (Å²) in [6, 6.07) is 0. The summed E-state index contributed by atoms with van der Waals surface area (Å²) < 4.78 is 18.3. The maximum absolute atomic E-state index is 12.8. The summed E-state index contributed by atoms with van der Waals surface area (Å²) in [6.45, 7) is 12.4. The van der Waals surface area contributed by atoms with Crippen molar-refractivity contribution in [2.75, 3.05) is 26.7 Å². The average Bonchev–Trinajstić information content (AvgIpc) is 2.92. The molecule has 2 bridgehead atoms. The van der Waals surface area contributed by atoms with Gasteiger partial charge in [0.1, 0.15) is 11.2 Å². The molecule has 0 N–H and O–H groups in total. The van der Waals surface area contributed by atoms with Crippen molar-refractivity contribution in [1.82, 2.24) is 4.90 Å². The van der Waals surface area contributed by atoms with E-state index in [0.717, 1.165) is 64.5 Å². The van der Waals surface area contributed by atoms with Crippen LogP contribution in [0, 0.1) is 5.92 Å². The molecule has 0 saturated heterocycles. The van der Waals surface area contributed by atoms with E-state index in [1.807, 2.05) is 6.92 Å². The smallest absolute Gasteiger partial charge is 0.320 e. The number of allylic oxidation sites excluding steroid dienone is 4. The molecule has 2 rings (SSSR count). The number of ether oxygens (including phenoxy) is 3. The Hall–Kier alpha value is -1.66. The highest BCUT2D eigenvalue weighted by Gasteiger charge is 2.57. The molecule has 4 unspecified atom stereocenters. The van der Waals surface area contributed by atoms with Crippen molar-refractivity contribution in [2.45, 2.75) is 161 Å². The Morgan fingerprint density at radius 1 is 0.738 bits per heavy atom. The lowest BCUT2D eigenvalue weighted by atomic mass is 9.59. The van der Waals surface area contributed by atoms with Gasteiger partial charge in [0.25, 0.3) is 0 Å². The third-order valence-electron chi connectivity index (χ3n) is 9.23. The monoisotopic (exact) mass is 589 g/mol. The van der Waals surface area contributed by atoms with Gasteiger partial charge in [0, 0.05) is 26.4 Å². The van der Waals surface area contributed by atoms with Crippen LogP contribution in [-0.2, 0) is 23.8 Å². The second-order valence-electron chi connectivity index (χ2n) is 13.5. The Morgan fingerprint density at radius 2 is 1.29 bits per heavy atom. The SMILES string of the molecule is CCCCC/C=C\C/C=C\CCCCCCCC(=O)OC1(C)CC2CC(C)(OC(=O)CN(CC)CC)CC(OC)(C2)C1. The number of likely N-dealkylation sites (N-methyl/N-ethyl adjacent to an activating group) is 1. The highest BCUT2D eigenvalue weighted by Crippen LogP contribution is 2.54. The van der Waals surface area contributed by atoms with Gasteiger partial charge in [-0.15, -0.1) is 0 Å². The molecule has 2 fully saturated rings. The van der Waals surface area contributed by atoms with Crippen molar-refractivity contribution < 1.29 is 23.8 Å². The van der Waals surface area contributed by atoms with Gasteiger partial charge in [0.15, 0.2) is 0 Å². The maximum atomic E-state index is 12.8. The van der Waals surface area contributed by atoms with Crippen molar-refractivity contribution in [2.24, 2.45) is 5.92 Å². The molecule has 2 aliphatic carbocycles. The van der Waals surface area contributed by atoms with Crippen LogP contribution in [0.15, 0.2) is 24.3 Å². The minimum Gasteiger partial charge on any atom is -0.459 e. The number of rotatable bonds is 21. The first kappa shape index (κ1) is 36.5. The zero-order valence-corrected chi connectivity index (χ0v) is 28.0. The van der Waals surface area contributed by atoms with E-state index in [0.29, 0.717) is 25.8 Å². The number of fused-ring (bicyclic) bond motifs is 2. The second-order valence-corrected chi connectivity index (χ2v) is 13.5. The molecule has 2 aliphatic rings. The minimum atomic E-state index is -0.560. The zero-order valence-electron chi connectivity index (χ0n) is 28.0. The first-order valence-corrected chi connectivity index (χ1v) is 17.1. The predicted octanol–water partition coefficient (Wildman–Crippen LogP) is 8.72. The Labute approximate surface area is 258 Å². The maximum Gasteiger partial charge on any atom is 0.320 e. The summed E-state index contributed by atoms with van der Waals surface area (Å²) in [5.74, 6) is 0.0224. The number of esters is 2. The van der Waals surface area contributed by atoms with Crippen molar-refractivity contribution >= 4 is 11.9 Å². The number of methoxy groups -OCH3 is 1. The standard InChI is InChI=1S/C36H63NO5/c1-7-10-11-12-13-14-15-16-17-18-19-20-21-22-23-24-32(38)41-34(4)25-31-26-35(5,30-36(27-31,29-34)40-6)42-33(39)28-37(8-2)9-3/h13-14,16-17,31H,7-12,15,18-30H2,1-6H3/b14-13-,17-16-. The fourth-order valence-electron chi connectivity index (χ4n) is 7.40. The summed E-state index contributed by atoms with van der Waals surface area (Å²) in [7, 11) is 1.75. The van der Waals surface area contributed by atoms with E-state index in [1.165, 1.54) is 38.5 Å². The lowest BCUT2D eigenvalue weighted by Crippen LogP contribution is -2.59. The lowest BCUT2D eigenvalue weighted by molar-refractivity contribution is -0.216. The molecular weight excluding hydrogens is 526 g/mol. The molecule has 0 aromatic rings. The molecule has 6 heteroatoms. The van der Waals surface area contributed by atoms with E-state index < -0.39 is 16.8 Å². The van der Waals surface area contributed by atoms with Crippen LogP contribution in [0.1, 0.15) is 144 Å². The third-order valence-corrected chi connectivity index (χ3v) is 9.23. The van der Waals surface area contributed by atoms with E-state index in [-0.39, 0.29) is 17.9 Å². The van der Waals surface area contributed by atoms with Crippen molar-refractivity contribution in [3.05, 3.63) is 24.3 Å². The zero-order chi connectivity index (χ0) is 30.9. The van der Waals surface area contributed by atoms with Crippen LogP contribution in [0.3, 0.4) is 0 Å². The number of unbranched alkanes of at least 4 members (excludes halogenated alkanes) is 8. The van der Waals surface area contributed by atoms with Crippen molar-refractivity contribution in [3.63, 3.8) is 0 Å². The van der Waals surface area contributed by atoms with E-state index in [1.54, 1.807) is 7.11 Å². The summed E-state index contributed by atoms with van der Waals surface area (Å²) in [4.78, 5) is 27.7. The molecule has 6 nitrogen and oxygen atoms in total. The second kappa shape index (κ2) is 18.9. The van der Waals surface area contributed by atoms with Gasteiger partial charge in [-0.25, -0.2) is 0 Å². The van der Waals surface area contributed by atoms with Crippen LogP contribution in [0.25, 0.3) is 0 Å². The number of hydrogen-bond acceptors (Lipinski definition) is 6. The first-order valence-electron chi connectivity index (χ1n) is 17.1. The van der Waals surface area contributed by atoms with E-state index in [2.05, 4.69) is 56.9 Å². The van der Waals surface area contributed by atoms with Gasteiger partial charge in [-0.05, 0) is 90.6 Å². The van der Waals surface area contributed by atoms with Gasteiger partial charge in [-0.1, -0.05) is 77.2 Å². The van der Waals surface area contributed by atoms with Gasteiger partial charge in [0.05, 0.1) is 12.1 Å². The van der Waals surface area contributed by atoms with Gasteiger partial charge < -0.3 is 14.2 Å². The molecule has 0 spiro atoms. The Bertz CT molecular complexity index is 852. The lowest BCUT2D eigenvalue weighted by Gasteiger charge is -2.55. The van der Waals surface area contributed by atoms with Crippen LogP contribution in [0.4, 0.5) is 0 Å². The van der Waals surface area contributed by atoms with Crippen LogP contribution < -0.4 is 0 Å². The van der Waals surface area contributed by atoms with Crippen LogP contribution in [0.2, 0.25) is 0 Å². The number of carbonyl (C=O) groups excluding carboxylic acids is 2. The minimum absolute atomic E-state index is 0.0946. The summed E-state index contributed by atoms with van der Waals surface area (Å²) in [5, 5.41) is 0. The molecule has 0 aromatic heterocycles. The van der Waals surface area contributed by atoms with Crippen molar-refractivity contribution in [3.8, 4) is 0 Å². The Balaban J connectivity index is 1.68. The van der Waals surface area contributed by atoms with Gasteiger partial charge in [-0.2, -0.15) is 0 Å². The molecule has 0 aromatic carbocycles. The molecule has 0 amide bonds. The molecule has 4 atom stereocenters. The van der Waals surface area contributed by atoms with Gasteiger partial charge in [-0.3, -0.25) is 14.5 Å². The molecule has 2 saturated carbocycles. The predicted molar refractivity (Wildman–Crippen MR) is 172 cm³/mol. The topological polar surface area (TPSA) is 65.1 Å². The normalized spacial score (nSPS) is 27.6. The van der Waals surface area contributed by atoms with E-state index >= 15 is 0 Å². The summed E-state index contributed by atoms with van der Waals surface area (Å²) >= 11 is 0. The fourth-order valence-corrected chi connectivity index (χ4v) is 7.40. The fraction of sp³-hybridized carbons (Fsp3) is 0.833. The molecule has 242 valence electrons. The number of carbonyl (C=O) groups is 2. The molecule has 0 aliphatic heterocycles. The molecule has 42 heavy (non-hydrogen) atoms. The molecule has 0 radical (unpaired) electrons. The Morgan fingerprint density at radius 3 is 1.86 bits per heavy atom. The van der Waals surface area contributed by atoms with Crippen LogP contribution >= 0.6 is 0 Å². The highest BCUT2D eigenvalue weighted by molar-refractivity contribution is 5.72.